The van der Waals surface area contributed by atoms with Crippen LogP contribution in [-0.2, 0) is 5.41 Å². The van der Waals surface area contributed by atoms with Crippen molar-refractivity contribution < 1.29 is 9.59 Å². The minimum Gasteiger partial charge on any atom is -0.365 e. The van der Waals surface area contributed by atoms with E-state index in [4.69, 9.17) is 5.73 Å². The molecule has 0 unspecified atom stereocenters. The molecule has 0 saturated heterocycles. The van der Waals surface area contributed by atoms with Crippen molar-refractivity contribution in [2.24, 2.45) is 5.73 Å². The maximum Gasteiger partial charge on any atom is 0.321 e. The highest BCUT2D eigenvalue weighted by Gasteiger charge is 2.31. The number of carbonyl (C=O) groups is 2. The molecule has 3 amide bonds. The van der Waals surface area contributed by atoms with Gasteiger partial charge in [-0.2, -0.15) is 4.37 Å². The highest BCUT2D eigenvalue weighted by molar-refractivity contribution is 7.11. The maximum atomic E-state index is 11.7. The van der Waals surface area contributed by atoms with Crippen molar-refractivity contribution in [1.29, 1.82) is 0 Å². The van der Waals surface area contributed by atoms with E-state index in [9.17, 15) is 9.59 Å². The Morgan fingerprint density at radius 2 is 2.00 bits per heavy atom. The zero-order valence-electron chi connectivity index (χ0n) is 12.6. The first-order valence-corrected chi connectivity index (χ1v) is 7.26. The standard InChI is InChI=1S/C13H22N4O2S/c1-6-7-13(2,3)9-8(10(14)18)11(20-16-9)15-12(19)17(4)5/h6-7H2,1-5H3,(H2,14,18)(H,15,19). The van der Waals surface area contributed by atoms with Crippen LogP contribution in [0.3, 0.4) is 0 Å². The molecule has 0 aromatic carbocycles. The second kappa shape index (κ2) is 6.21. The monoisotopic (exact) mass is 298 g/mol. The normalized spacial score (nSPS) is 11.2. The lowest BCUT2D eigenvalue weighted by atomic mass is 9.82. The van der Waals surface area contributed by atoms with Gasteiger partial charge < -0.3 is 10.6 Å². The van der Waals surface area contributed by atoms with Crippen LogP contribution in [0, 0.1) is 0 Å². The number of amides is 3. The Morgan fingerprint density at radius 1 is 1.40 bits per heavy atom. The van der Waals surface area contributed by atoms with Gasteiger partial charge in [0.05, 0.1) is 11.3 Å². The van der Waals surface area contributed by atoms with Crippen LogP contribution in [0.15, 0.2) is 0 Å². The van der Waals surface area contributed by atoms with Gasteiger partial charge in [-0.25, -0.2) is 4.79 Å². The van der Waals surface area contributed by atoms with E-state index in [2.05, 4.69) is 16.6 Å². The first-order valence-electron chi connectivity index (χ1n) is 6.49. The first-order chi connectivity index (χ1) is 9.20. The van der Waals surface area contributed by atoms with Gasteiger partial charge in [0.15, 0.2) is 0 Å². The number of hydrogen-bond acceptors (Lipinski definition) is 4. The summed E-state index contributed by atoms with van der Waals surface area (Å²) >= 11 is 1.09. The number of nitrogens with one attached hydrogen (secondary N) is 1. The van der Waals surface area contributed by atoms with Crippen molar-refractivity contribution in [3.8, 4) is 0 Å². The van der Waals surface area contributed by atoms with Gasteiger partial charge in [-0.1, -0.05) is 27.2 Å². The Bertz CT molecular complexity index is 508. The predicted molar refractivity (Wildman–Crippen MR) is 81.3 cm³/mol. The number of rotatable bonds is 5. The lowest BCUT2D eigenvalue weighted by molar-refractivity contribution is 0.0998. The summed E-state index contributed by atoms with van der Waals surface area (Å²) in [6.45, 7) is 6.12. The number of nitrogens with two attached hydrogens (primary N) is 1. The fourth-order valence-corrected chi connectivity index (χ4v) is 2.96. The van der Waals surface area contributed by atoms with Crippen molar-refractivity contribution in [3.63, 3.8) is 0 Å². The number of carbonyl (C=O) groups excluding carboxylic acids is 2. The van der Waals surface area contributed by atoms with Crippen molar-refractivity contribution >= 4 is 28.5 Å². The largest absolute Gasteiger partial charge is 0.365 e. The van der Waals surface area contributed by atoms with Gasteiger partial charge in [0.25, 0.3) is 5.91 Å². The third kappa shape index (κ3) is 3.47. The topological polar surface area (TPSA) is 88.3 Å². The number of anilines is 1. The van der Waals surface area contributed by atoms with Gasteiger partial charge in [-0.05, 0) is 18.0 Å². The maximum absolute atomic E-state index is 11.7. The summed E-state index contributed by atoms with van der Waals surface area (Å²) in [4.78, 5) is 24.8. The summed E-state index contributed by atoms with van der Waals surface area (Å²) in [6.07, 6.45) is 1.86. The fourth-order valence-electron chi connectivity index (χ4n) is 2.02. The third-order valence-electron chi connectivity index (χ3n) is 3.08. The molecular formula is C13H22N4O2S. The SMILES string of the molecule is CCCC(C)(C)c1nsc(NC(=O)N(C)C)c1C(N)=O. The second-order valence-corrected chi connectivity index (χ2v) is 6.33. The third-order valence-corrected chi connectivity index (χ3v) is 3.84. The number of hydrogen-bond donors (Lipinski definition) is 2. The van der Waals surface area contributed by atoms with Gasteiger partial charge >= 0.3 is 6.03 Å². The van der Waals surface area contributed by atoms with E-state index >= 15 is 0 Å². The minimum absolute atomic E-state index is 0.253. The van der Waals surface area contributed by atoms with Crippen LogP contribution in [0.1, 0.15) is 49.7 Å². The van der Waals surface area contributed by atoms with E-state index in [0.717, 1.165) is 24.4 Å². The Kier molecular flexibility index (Phi) is 5.10. The molecule has 0 fully saturated rings. The minimum atomic E-state index is -0.563. The molecule has 7 heteroatoms. The average molecular weight is 298 g/mol. The van der Waals surface area contributed by atoms with Crippen molar-refractivity contribution in [1.82, 2.24) is 9.27 Å². The Labute approximate surface area is 123 Å². The van der Waals surface area contributed by atoms with Gasteiger partial charge in [0.2, 0.25) is 0 Å². The van der Waals surface area contributed by atoms with Crippen LogP contribution in [0.2, 0.25) is 0 Å². The predicted octanol–water partition coefficient (Wildman–Crippen LogP) is 2.41. The summed E-state index contributed by atoms with van der Waals surface area (Å²) in [6, 6.07) is -0.309. The average Bonchev–Trinajstić information content (AvgIpc) is 2.73. The molecule has 112 valence electrons. The van der Waals surface area contributed by atoms with Crippen molar-refractivity contribution in [3.05, 3.63) is 11.3 Å². The number of aromatic nitrogens is 1. The fraction of sp³-hybridized carbons (Fsp3) is 0.615. The molecule has 6 nitrogen and oxygen atoms in total. The highest BCUT2D eigenvalue weighted by atomic mass is 32.1. The summed E-state index contributed by atoms with van der Waals surface area (Å²) < 4.78 is 4.35. The van der Waals surface area contributed by atoms with Crippen molar-refractivity contribution in [2.75, 3.05) is 19.4 Å². The molecule has 0 radical (unpaired) electrons. The van der Waals surface area contributed by atoms with Gasteiger partial charge in [-0.15, -0.1) is 0 Å². The number of urea groups is 1. The van der Waals surface area contributed by atoms with E-state index in [1.807, 2.05) is 13.8 Å². The van der Waals surface area contributed by atoms with Gasteiger partial charge in [0, 0.05) is 19.5 Å². The molecule has 1 rings (SSSR count). The Balaban J connectivity index is 3.20. The summed E-state index contributed by atoms with van der Waals surface area (Å²) in [5, 5.41) is 3.08. The number of primary amides is 1. The van der Waals surface area contributed by atoms with E-state index in [0.29, 0.717) is 16.3 Å². The van der Waals surface area contributed by atoms with Gasteiger partial charge in [-0.3, -0.25) is 10.1 Å². The summed E-state index contributed by atoms with van der Waals surface area (Å²) in [5.41, 5.74) is 6.20. The second-order valence-electron chi connectivity index (χ2n) is 5.56. The molecule has 0 saturated carbocycles. The van der Waals surface area contributed by atoms with Crippen LogP contribution < -0.4 is 11.1 Å². The lowest BCUT2D eigenvalue weighted by Crippen LogP contribution is -2.29. The highest BCUT2D eigenvalue weighted by Crippen LogP contribution is 2.35. The molecule has 0 atom stereocenters. The summed E-state index contributed by atoms with van der Waals surface area (Å²) in [5.74, 6) is -0.563. The molecule has 20 heavy (non-hydrogen) atoms. The summed E-state index contributed by atoms with van der Waals surface area (Å²) in [7, 11) is 3.25. The Hall–Kier alpha value is -1.63. The lowest BCUT2D eigenvalue weighted by Gasteiger charge is -2.22. The van der Waals surface area contributed by atoms with Crippen LogP contribution >= 0.6 is 11.5 Å². The van der Waals surface area contributed by atoms with Crippen molar-refractivity contribution in [2.45, 2.75) is 39.0 Å². The first kappa shape index (κ1) is 16.4. The molecular weight excluding hydrogens is 276 g/mol. The van der Waals surface area contributed by atoms with E-state index in [-0.39, 0.29) is 11.4 Å². The molecule has 1 aromatic heterocycles. The van der Waals surface area contributed by atoms with Gasteiger partial charge in [0.1, 0.15) is 5.00 Å². The molecule has 0 bridgehead atoms. The number of nitrogens with zero attached hydrogens (tertiary/aromatic N) is 2. The molecule has 0 aliphatic carbocycles. The quantitative estimate of drug-likeness (QED) is 0.875. The zero-order chi connectivity index (χ0) is 15.5. The molecule has 3 N–H and O–H groups in total. The molecule has 1 heterocycles. The smallest absolute Gasteiger partial charge is 0.321 e. The van der Waals surface area contributed by atoms with Crippen LogP contribution in [0.5, 0.6) is 0 Å². The molecule has 0 aliphatic heterocycles. The molecule has 1 aromatic rings. The molecule has 0 spiro atoms. The van der Waals surface area contributed by atoms with Crippen LogP contribution in [0.4, 0.5) is 9.80 Å². The van der Waals surface area contributed by atoms with E-state index in [1.165, 1.54) is 4.90 Å². The van der Waals surface area contributed by atoms with Crippen LogP contribution in [0.25, 0.3) is 0 Å². The van der Waals surface area contributed by atoms with Crippen LogP contribution in [-0.4, -0.2) is 35.3 Å². The van der Waals surface area contributed by atoms with E-state index < -0.39 is 5.91 Å². The molecule has 0 aliphatic rings. The van der Waals surface area contributed by atoms with E-state index in [1.54, 1.807) is 14.1 Å². The zero-order valence-corrected chi connectivity index (χ0v) is 13.4. The Morgan fingerprint density at radius 3 is 2.45 bits per heavy atom.